The van der Waals surface area contributed by atoms with Crippen LogP contribution in [0.1, 0.15) is 145 Å². The summed E-state index contributed by atoms with van der Waals surface area (Å²) in [6, 6.07) is 4.42. The van der Waals surface area contributed by atoms with E-state index < -0.39 is 96.2 Å². The molecule has 8 N–H and O–H groups in total. The normalized spacial score (nSPS) is 27.6. The Bertz CT molecular complexity index is 3990. The van der Waals surface area contributed by atoms with Crippen LogP contribution >= 0.6 is 0 Å². The number of nitrogen functional groups attached to an aromatic ring is 2. The maximum absolute atomic E-state index is 14.9. The molecule has 3 amide bonds. The van der Waals surface area contributed by atoms with Gasteiger partial charge in [-0.3, -0.25) is 19.2 Å². The molecule has 3 aliphatic heterocycles. The highest BCUT2D eigenvalue weighted by atomic mass is 16.6. The van der Waals surface area contributed by atoms with E-state index in [1.54, 1.807) is 45.9 Å². The molecular formula is C88H136N10O24. The molecule has 3 aromatic heterocycles. The zero-order valence-corrected chi connectivity index (χ0v) is 73.4. The number of hydrogen-bond donors (Lipinski definition) is 6. The Morgan fingerprint density at radius 1 is 0.689 bits per heavy atom. The number of allylic oxidation sites excluding steroid dienone is 5. The molecule has 34 heteroatoms. The minimum absolute atomic E-state index is 0.00886. The first-order valence-corrected chi connectivity index (χ1v) is 43.3. The molecule has 8 rings (SSSR count). The molecule has 2 saturated heterocycles. The third-order valence-electron chi connectivity index (χ3n) is 23.1. The summed E-state index contributed by atoms with van der Waals surface area (Å²) in [6.07, 6.45) is 13.7. The van der Waals surface area contributed by atoms with Crippen molar-refractivity contribution in [3.8, 4) is 11.3 Å². The zero-order chi connectivity index (χ0) is 87.9. The number of cyclic esters (lactones) is 1. The predicted octanol–water partition coefficient (Wildman–Crippen LogP) is 8.59. The number of amides is 3. The molecule has 122 heavy (non-hydrogen) atoms. The third-order valence-corrected chi connectivity index (χ3v) is 23.1. The molecule has 4 aliphatic rings. The number of esters is 1. The van der Waals surface area contributed by atoms with Crippen LogP contribution in [0.2, 0.25) is 0 Å². The molecule has 682 valence electrons. The van der Waals surface area contributed by atoms with E-state index in [0.29, 0.717) is 209 Å². The number of aryl methyl sites for hydroxylation is 1. The van der Waals surface area contributed by atoms with Gasteiger partial charge >= 0.3 is 12.1 Å². The van der Waals surface area contributed by atoms with Crippen LogP contribution in [-0.4, -0.2) is 290 Å². The number of fused-ring (bicyclic) bond motifs is 5. The quantitative estimate of drug-likeness (QED) is 0.0105. The van der Waals surface area contributed by atoms with Gasteiger partial charge in [-0.1, -0.05) is 71.1 Å². The summed E-state index contributed by atoms with van der Waals surface area (Å²) in [5, 5.41) is 35.1. The van der Waals surface area contributed by atoms with Crippen molar-refractivity contribution in [3.05, 3.63) is 72.1 Å². The van der Waals surface area contributed by atoms with E-state index in [-0.39, 0.29) is 86.9 Å². The standard InChI is InChI=1S/C88H136N10O24/c1-57-19-13-12-14-20-58(2)71(107-8)54-66-25-22-63(7)88(106,122-66)81(102)84(103)97-31-17-15-21-68(97)85(104)119-73(55-72(108-9)59(3)50-62(6)79(101)80(110-11)78(100)61(5)49-57)60(4)51-64-23-26-70(74(52-64)109-10)121-87(105)92-30-34-112-36-38-114-40-42-116-44-46-118-48-47-117-45-43-115-41-39-113-37-35-111-33-28-75(99)91-29-16-18-32-98-83-76(82(89)93-56-94-83)77(96-98)65-24-27-69-67(53-65)95-86(90)120-69/h12-14,19-20,24,27,50,53,56-57,59-61,63-64,66,68,70-74,79-80,101,106H,15-18,21-23,25-26,28-49,51-52,54-55H2,1-11H3,(H2,90,95)(H,91,99)(H,92,105)(H2,89,93,94)/b14-12+,19-13+,58-20+,62-50+/t57-,59-,60-,61-,63-,64+,66+,68+,70-,71+,72-,73+,74-,79-,80+,88-/m1/s1. The molecule has 3 fully saturated rings. The number of ketones is 2. The number of carbonyl (C=O) groups is 6. The topological polar surface area (TPSA) is 430 Å². The lowest BCUT2D eigenvalue weighted by atomic mass is 9.78. The van der Waals surface area contributed by atoms with E-state index in [1.807, 2.05) is 83.2 Å². The van der Waals surface area contributed by atoms with E-state index in [9.17, 15) is 39.0 Å². The van der Waals surface area contributed by atoms with Crippen LogP contribution in [-0.2, 0) is 102 Å². The Labute approximate surface area is 717 Å². The third kappa shape index (κ3) is 31.1. The molecule has 1 saturated carbocycles. The number of nitrogens with zero attached hydrogens (tertiary/aromatic N) is 6. The first kappa shape index (κ1) is 99.6. The first-order valence-electron chi connectivity index (χ1n) is 43.3. The Morgan fingerprint density at radius 3 is 1.99 bits per heavy atom. The highest BCUT2D eigenvalue weighted by molar-refractivity contribution is 6.39. The fourth-order valence-corrected chi connectivity index (χ4v) is 16.1. The molecule has 34 nitrogen and oxygen atoms in total. The van der Waals surface area contributed by atoms with Gasteiger partial charge in [0.05, 0.1) is 136 Å². The van der Waals surface area contributed by atoms with Gasteiger partial charge in [0, 0.05) is 97.2 Å². The number of aliphatic hydroxyl groups excluding tert-OH is 1. The van der Waals surface area contributed by atoms with Gasteiger partial charge in [0.1, 0.15) is 53.8 Å². The molecule has 16 atom stereocenters. The number of nitrogens with two attached hydrogens (primary N) is 2. The monoisotopic (exact) mass is 1720 g/mol. The van der Waals surface area contributed by atoms with Gasteiger partial charge in [0.15, 0.2) is 17.0 Å². The fourth-order valence-electron chi connectivity index (χ4n) is 16.1. The molecule has 6 heterocycles. The van der Waals surface area contributed by atoms with Crippen molar-refractivity contribution in [1.29, 1.82) is 0 Å². The van der Waals surface area contributed by atoms with Crippen molar-refractivity contribution >= 4 is 69.4 Å². The molecule has 2 bridgehead atoms. The maximum atomic E-state index is 14.9. The van der Waals surface area contributed by atoms with Crippen molar-refractivity contribution in [1.82, 2.24) is 40.3 Å². The first-order chi connectivity index (χ1) is 58.9. The Balaban J connectivity index is 0.660. The number of carbonyl (C=O) groups excluding carboxylic acids is 6. The second kappa shape index (κ2) is 52.9. The number of ether oxygens (including phenoxy) is 15. The lowest BCUT2D eigenvalue weighted by Gasteiger charge is -2.43. The Hall–Kier alpha value is -7.78. The number of methoxy groups -OCH3 is 4. The lowest BCUT2D eigenvalue weighted by molar-refractivity contribution is -0.265. The smallest absolute Gasteiger partial charge is 0.407 e. The highest BCUT2D eigenvalue weighted by Gasteiger charge is 2.53. The summed E-state index contributed by atoms with van der Waals surface area (Å²) in [4.78, 5) is 97.7. The van der Waals surface area contributed by atoms with Crippen molar-refractivity contribution in [2.24, 2.45) is 35.5 Å². The Morgan fingerprint density at radius 2 is 1.34 bits per heavy atom. The number of aliphatic hydroxyl groups is 2. The van der Waals surface area contributed by atoms with E-state index in [0.717, 1.165) is 24.0 Å². The van der Waals surface area contributed by atoms with Gasteiger partial charge in [-0.2, -0.15) is 10.1 Å². The van der Waals surface area contributed by atoms with Crippen LogP contribution in [0.5, 0.6) is 0 Å². The van der Waals surface area contributed by atoms with Crippen molar-refractivity contribution in [2.75, 3.05) is 165 Å². The molecule has 1 aromatic carbocycles. The number of rotatable bonds is 41. The molecular weight excluding hydrogens is 1580 g/mol. The number of benzene rings is 1. The van der Waals surface area contributed by atoms with E-state index in [4.69, 9.17) is 92.0 Å². The summed E-state index contributed by atoms with van der Waals surface area (Å²) >= 11 is 0. The van der Waals surface area contributed by atoms with E-state index >= 15 is 0 Å². The number of unbranched alkanes of at least 4 members (excludes halogenated alkanes) is 1. The summed E-state index contributed by atoms with van der Waals surface area (Å²) < 4.78 is 94.6. The van der Waals surface area contributed by atoms with Gasteiger partial charge in [-0.25, -0.2) is 24.2 Å². The summed E-state index contributed by atoms with van der Waals surface area (Å²) in [7, 11) is 6.14. The van der Waals surface area contributed by atoms with Crippen molar-refractivity contribution in [2.45, 2.75) is 212 Å². The van der Waals surface area contributed by atoms with Gasteiger partial charge in [0.25, 0.3) is 17.7 Å². The van der Waals surface area contributed by atoms with Crippen molar-refractivity contribution < 1.29 is 114 Å². The average Bonchev–Trinajstić information content (AvgIpc) is 1.57. The summed E-state index contributed by atoms with van der Waals surface area (Å²) in [6.45, 7) is 20.3. The van der Waals surface area contributed by atoms with Crippen LogP contribution in [0.25, 0.3) is 33.4 Å². The fraction of sp³-hybridized carbons (Fsp3) is 0.705. The highest BCUT2D eigenvalue weighted by Crippen LogP contribution is 2.40. The molecule has 4 aromatic rings. The second-order valence-electron chi connectivity index (χ2n) is 32.3. The maximum Gasteiger partial charge on any atom is 0.407 e. The molecule has 0 unspecified atom stereocenters. The van der Waals surface area contributed by atoms with Gasteiger partial charge < -0.3 is 113 Å². The number of piperidine rings is 1. The number of aromatic nitrogens is 5. The molecule has 0 spiro atoms. The number of Topliss-reactive ketones (excluding diaryl/α,β-unsaturated/α-hetero) is 2. The zero-order valence-electron chi connectivity index (χ0n) is 73.4. The van der Waals surface area contributed by atoms with Crippen LogP contribution in [0.15, 0.2) is 76.5 Å². The summed E-state index contributed by atoms with van der Waals surface area (Å²) in [5.41, 5.74) is 16.6. The van der Waals surface area contributed by atoms with Crippen LogP contribution < -0.4 is 22.1 Å². The number of nitrogens with one attached hydrogen (secondary N) is 2. The number of anilines is 2. The van der Waals surface area contributed by atoms with E-state index in [2.05, 4.69) is 25.6 Å². The largest absolute Gasteiger partial charge is 0.460 e. The summed E-state index contributed by atoms with van der Waals surface area (Å²) in [5.74, 6) is -7.12. The van der Waals surface area contributed by atoms with E-state index in [1.165, 1.54) is 18.3 Å². The minimum atomic E-state index is -2.46. The van der Waals surface area contributed by atoms with Gasteiger partial charge in [0.2, 0.25) is 11.7 Å². The SMILES string of the molecule is CO[C@H]1C[C@@H]2CC[C@@H](C)[C@@](O)(O2)C(=O)C(=O)N2CCCC[C@H]2C(=O)O[C@H]([C@H](C)C[C@@H]2CC[C@@H](OC(=O)NCCOCCOCCOCCOCCOCCOCCOCCOCCC(=O)NCCCCn3nc(-c4ccc5oc(N)nc5c4)c4c(N)ncnc43)[C@H](OC)C2)C[C@@H](OC)[C@H](C)/C=C(\C)[C@@H](O)[C@@H](OC)C(=O)[C@H](C)C[C@H](C)/C=C/C=C/C=C/1C. The average molecular weight is 1720 g/mol. The second-order valence-corrected chi connectivity index (χ2v) is 32.3. The Kier molecular flexibility index (Phi) is 43.2. The molecule has 1 aliphatic carbocycles. The van der Waals surface area contributed by atoms with Crippen molar-refractivity contribution in [3.63, 3.8) is 0 Å². The van der Waals surface area contributed by atoms with Gasteiger partial charge in [-0.15, -0.1) is 0 Å². The predicted molar refractivity (Wildman–Crippen MR) is 454 cm³/mol. The van der Waals surface area contributed by atoms with Crippen LogP contribution in [0.3, 0.4) is 0 Å². The number of alkyl carbamates (subject to hydrolysis) is 1. The van der Waals surface area contributed by atoms with Crippen LogP contribution in [0.4, 0.5) is 16.6 Å². The minimum Gasteiger partial charge on any atom is -0.460 e. The van der Waals surface area contributed by atoms with Crippen LogP contribution in [0, 0.1) is 35.5 Å². The number of oxazole rings is 1. The lowest BCUT2D eigenvalue weighted by Crippen LogP contribution is -2.61. The number of hydrogen-bond acceptors (Lipinski definition) is 30. The molecule has 0 radical (unpaired) electrons. The van der Waals surface area contributed by atoms with Gasteiger partial charge in [-0.05, 0) is 138 Å².